The Morgan fingerprint density at radius 3 is 3.00 bits per heavy atom. The predicted octanol–water partition coefficient (Wildman–Crippen LogP) is -0.728. The highest BCUT2D eigenvalue weighted by Gasteiger charge is 2.18. The van der Waals surface area contributed by atoms with Crippen LogP contribution in [0.4, 0.5) is 0 Å². The molecular formula is C7H16N2O. The molecule has 0 aromatic rings. The predicted molar refractivity (Wildman–Crippen MR) is 41.0 cm³/mol. The normalized spacial score (nSPS) is 27.6. The second-order valence-corrected chi connectivity index (χ2v) is 2.85. The number of β-amino-alcohol motifs (C(OH)–C–C–N with tert-alkyl or cyclic N) is 1. The molecule has 60 valence electrons. The quantitative estimate of drug-likeness (QED) is 0.548. The van der Waals surface area contributed by atoms with Crippen molar-refractivity contribution < 1.29 is 5.11 Å². The molecule has 1 aliphatic rings. The van der Waals surface area contributed by atoms with E-state index < -0.39 is 0 Å². The molecular weight excluding hydrogens is 128 g/mol. The van der Waals surface area contributed by atoms with Crippen LogP contribution < -0.4 is 5.32 Å². The first-order chi connectivity index (χ1) is 4.83. The molecule has 0 aromatic heterocycles. The van der Waals surface area contributed by atoms with Crippen molar-refractivity contribution in [3.05, 3.63) is 0 Å². The molecule has 3 nitrogen and oxygen atoms in total. The number of likely N-dealkylation sites (N-methyl/N-ethyl adjacent to an activating group) is 1. The molecule has 1 fully saturated rings. The molecule has 0 bridgehead atoms. The topological polar surface area (TPSA) is 35.5 Å². The van der Waals surface area contributed by atoms with E-state index in [4.69, 9.17) is 5.11 Å². The van der Waals surface area contributed by atoms with Gasteiger partial charge in [-0.25, -0.2) is 0 Å². The Morgan fingerprint density at radius 2 is 2.50 bits per heavy atom. The van der Waals surface area contributed by atoms with Crippen LogP contribution >= 0.6 is 0 Å². The maximum Gasteiger partial charge on any atom is 0.0679 e. The van der Waals surface area contributed by atoms with E-state index in [2.05, 4.69) is 10.2 Å². The van der Waals surface area contributed by atoms with Crippen molar-refractivity contribution in [2.75, 3.05) is 33.2 Å². The minimum absolute atomic E-state index is 0.0724. The smallest absolute Gasteiger partial charge is 0.0679 e. The fourth-order valence-corrected chi connectivity index (χ4v) is 1.29. The number of nitrogens with one attached hydrogen (secondary N) is 1. The summed E-state index contributed by atoms with van der Waals surface area (Å²) in [6, 6.07) is 0. The van der Waals surface area contributed by atoms with Crippen LogP contribution in [0.2, 0.25) is 0 Å². The van der Waals surface area contributed by atoms with Gasteiger partial charge in [0.2, 0.25) is 0 Å². The van der Waals surface area contributed by atoms with Gasteiger partial charge in [0, 0.05) is 26.2 Å². The summed E-state index contributed by atoms with van der Waals surface area (Å²) in [4.78, 5) is 2.28. The summed E-state index contributed by atoms with van der Waals surface area (Å²) in [5.41, 5.74) is 0. The van der Waals surface area contributed by atoms with E-state index in [1.807, 2.05) is 7.05 Å². The third kappa shape index (κ3) is 2.25. The standard InChI is InChI=1S/C7H16N2O/c1-8-3-5-9-4-2-7(10)6-9/h7-8,10H,2-6H2,1H3/t7-/m1/s1. The second-order valence-electron chi connectivity index (χ2n) is 2.85. The summed E-state index contributed by atoms with van der Waals surface area (Å²) in [6.45, 7) is 4.00. The number of hydrogen-bond acceptors (Lipinski definition) is 3. The van der Waals surface area contributed by atoms with Crippen LogP contribution in [0, 0.1) is 0 Å². The molecule has 3 heteroatoms. The van der Waals surface area contributed by atoms with Crippen molar-refractivity contribution in [2.24, 2.45) is 0 Å². The Balaban J connectivity index is 2.06. The van der Waals surface area contributed by atoms with Gasteiger partial charge in [0.05, 0.1) is 6.10 Å². The molecule has 2 N–H and O–H groups in total. The molecule has 1 atom stereocenters. The molecule has 1 rings (SSSR count). The van der Waals surface area contributed by atoms with Crippen LogP contribution in [-0.4, -0.2) is 49.3 Å². The Kier molecular flexibility index (Phi) is 3.12. The van der Waals surface area contributed by atoms with E-state index in [1.165, 1.54) is 0 Å². The second kappa shape index (κ2) is 3.91. The summed E-state index contributed by atoms with van der Waals surface area (Å²) in [7, 11) is 1.95. The van der Waals surface area contributed by atoms with E-state index in [9.17, 15) is 0 Å². The first kappa shape index (κ1) is 7.98. The van der Waals surface area contributed by atoms with Gasteiger partial charge in [-0.15, -0.1) is 0 Å². The van der Waals surface area contributed by atoms with Gasteiger partial charge < -0.3 is 10.4 Å². The largest absolute Gasteiger partial charge is 0.392 e. The lowest BCUT2D eigenvalue weighted by atomic mass is 10.3. The summed E-state index contributed by atoms with van der Waals surface area (Å²) < 4.78 is 0. The molecule has 1 heterocycles. The SMILES string of the molecule is CNCCN1CC[C@@H](O)C1. The van der Waals surface area contributed by atoms with Gasteiger partial charge in [0.1, 0.15) is 0 Å². The molecule has 1 saturated heterocycles. The number of hydrogen-bond donors (Lipinski definition) is 2. The van der Waals surface area contributed by atoms with E-state index in [1.54, 1.807) is 0 Å². The van der Waals surface area contributed by atoms with Crippen LogP contribution in [0.5, 0.6) is 0 Å². The molecule has 0 amide bonds. The highest BCUT2D eigenvalue weighted by molar-refractivity contribution is 4.74. The van der Waals surface area contributed by atoms with Crippen LogP contribution in [-0.2, 0) is 0 Å². The fraction of sp³-hybridized carbons (Fsp3) is 1.00. The lowest BCUT2D eigenvalue weighted by Crippen LogP contribution is -2.29. The van der Waals surface area contributed by atoms with Crippen molar-refractivity contribution in [3.63, 3.8) is 0 Å². The van der Waals surface area contributed by atoms with E-state index in [-0.39, 0.29) is 6.10 Å². The molecule has 0 unspecified atom stereocenters. The number of aliphatic hydroxyl groups is 1. The Morgan fingerprint density at radius 1 is 1.70 bits per heavy atom. The number of aliphatic hydroxyl groups excluding tert-OH is 1. The zero-order chi connectivity index (χ0) is 7.40. The Hall–Kier alpha value is -0.120. The molecule has 10 heavy (non-hydrogen) atoms. The zero-order valence-corrected chi connectivity index (χ0v) is 6.51. The molecule has 0 radical (unpaired) electrons. The van der Waals surface area contributed by atoms with Crippen LogP contribution in [0.15, 0.2) is 0 Å². The molecule has 0 saturated carbocycles. The maximum atomic E-state index is 9.14. The summed E-state index contributed by atoms with van der Waals surface area (Å²) in [5, 5.41) is 12.2. The Bertz CT molecular complexity index is 97.6. The minimum atomic E-state index is -0.0724. The van der Waals surface area contributed by atoms with Crippen molar-refractivity contribution in [1.82, 2.24) is 10.2 Å². The van der Waals surface area contributed by atoms with Gasteiger partial charge in [0.25, 0.3) is 0 Å². The van der Waals surface area contributed by atoms with Gasteiger partial charge in [-0.1, -0.05) is 0 Å². The highest BCUT2D eigenvalue weighted by Crippen LogP contribution is 2.06. The number of rotatable bonds is 3. The number of likely N-dealkylation sites (tertiary alicyclic amines) is 1. The zero-order valence-electron chi connectivity index (χ0n) is 6.51. The average Bonchev–Trinajstić information content (AvgIpc) is 2.31. The molecule has 0 spiro atoms. The van der Waals surface area contributed by atoms with Crippen LogP contribution in [0.25, 0.3) is 0 Å². The van der Waals surface area contributed by atoms with E-state index in [0.29, 0.717) is 0 Å². The fourth-order valence-electron chi connectivity index (χ4n) is 1.29. The van der Waals surface area contributed by atoms with Crippen molar-refractivity contribution >= 4 is 0 Å². The number of nitrogens with zero attached hydrogens (tertiary/aromatic N) is 1. The average molecular weight is 144 g/mol. The van der Waals surface area contributed by atoms with Crippen LogP contribution in [0.1, 0.15) is 6.42 Å². The third-order valence-corrected chi connectivity index (χ3v) is 1.93. The van der Waals surface area contributed by atoms with Gasteiger partial charge in [-0.3, -0.25) is 4.90 Å². The monoisotopic (exact) mass is 144 g/mol. The molecule has 1 aliphatic heterocycles. The van der Waals surface area contributed by atoms with Crippen molar-refractivity contribution in [3.8, 4) is 0 Å². The summed E-state index contributed by atoms with van der Waals surface area (Å²) in [6.07, 6.45) is 0.876. The van der Waals surface area contributed by atoms with E-state index >= 15 is 0 Å². The maximum absolute atomic E-state index is 9.14. The minimum Gasteiger partial charge on any atom is -0.392 e. The third-order valence-electron chi connectivity index (χ3n) is 1.93. The van der Waals surface area contributed by atoms with Crippen molar-refractivity contribution in [2.45, 2.75) is 12.5 Å². The van der Waals surface area contributed by atoms with Gasteiger partial charge in [0.15, 0.2) is 0 Å². The van der Waals surface area contributed by atoms with E-state index in [0.717, 1.165) is 32.6 Å². The lowest BCUT2D eigenvalue weighted by molar-refractivity contribution is 0.177. The van der Waals surface area contributed by atoms with Gasteiger partial charge in [-0.05, 0) is 13.5 Å². The Labute approximate surface area is 62.0 Å². The molecule has 0 aromatic carbocycles. The van der Waals surface area contributed by atoms with Crippen LogP contribution in [0.3, 0.4) is 0 Å². The lowest BCUT2D eigenvalue weighted by Gasteiger charge is -2.13. The first-order valence-corrected chi connectivity index (χ1v) is 3.88. The highest BCUT2D eigenvalue weighted by atomic mass is 16.3. The summed E-state index contributed by atoms with van der Waals surface area (Å²) >= 11 is 0. The van der Waals surface area contributed by atoms with Crippen molar-refractivity contribution in [1.29, 1.82) is 0 Å². The van der Waals surface area contributed by atoms with Gasteiger partial charge >= 0.3 is 0 Å². The van der Waals surface area contributed by atoms with Gasteiger partial charge in [-0.2, -0.15) is 0 Å². The first-order valence-electron chi connectivity index (χ1n) is 3.88. The molecule has 0 aliphatic carbocycles. The summed E-state index contributed by atoms with van der Waals surface area (Å²) in [5.74, 6) is 0.